The van der Waals surface area contributed by atoms with Crippen LogP contribution in [0.5, 0.6) is 0 Å². The Labute approximate surface area is 175 Å². The van der Waals surface area contributed by atoms with E-state index >= 15 is 0 Å². The highest BCUT2D eigenvalue weighted by Gasteiger charge is 2.11. The van der Waals surface area contributed by atoms with Gasteiger partial charge in [-0.3, -0.25) is 0 Å². The van der Waals surface area contributed by atoms with E-state index in [1.807, 2.05) is 49.3 Å². The molecule has 0 aliphatic rings. The van der Waals surface area contributed by atoms with Crippen molar-refractivity contribution in [3.8, 4) is 0 Å². The van der Waals surface area contributed by atoms with Crippen LogP contribution in [0.4, 0.5) is 5.69 Å². The summed E-state index contributed by atoms with van der Waals surface area (Å²) < 4.78 is 1.85. The van der Waals surface area contributed by atoms with Gasteiger partial charge in [-0.1, -0.05) is 54.6 Å². The van der Waals surface area contributed by atoms with E-state index in [4.69, 9.17) is 11.6 Å². The number of halogens is 1. The molecule has 1 aromatic heterocycles. The van der Waals surface area contributed by atoms with Gasteiger partial charge in [0, 0.05) is 37.0 Å². The first-order valence-electron chi connectivity index (χ1n) is 9.20. The second-order valence-corrected chi connectivity index (χ2v) is 7.99. The Morgan fingerprint density at radius 3 is 2.43 bits per heavy atom. The molecule has 0 atom stereocenters. The number of aryl methyl sites for hydroxylation is 1. The maximum Gasteiger partial charge on any atom is 0.212 e. The largest absolute Gasteiger partial charge is 0.378 e. The molecule has 7 heteroatoms. The van der Waals surface area contributed by atoms with Gasteiger partial charge in [0.25, 0.3) is 0 Å². The zero-order valence-corrected chi connectivity index (χ0v) is 17.9. The zero-order chi connectivity index (χ0) is 19.9. The van der Waals surface area contributed by atoms with Gasteiger partial charge in [0.15, 0.2) is 5.82 Å². The second kappa shape index (κ2) is 9.75. The third kappa shape index (κ3) is 5.36. The zero-order valence-electron chi connectivity index (χ0n) is 16.3. The quantitative estimate of drug-likeness (QED) is 0.379. The Morgan fingerprint density at radius 1 is 1.07 bits per heavy atom. The minimum atomic E-state index is 0.743. The Kier molecular flexibility index (Phi) is 7.12. The van der Waals surface area contributed by atoms with Gasteiger partial charge in [0.05, 0.1) is 6.21 Å². The molecule has 5 nitrogen and oxygen atoms in total. The van der Waals surface area contributed by atoms with E-state index in [0.29, 0.717) is 0 Å². The fourth-order valence-corrected chi connectivity index (χ4v) is 3.58. The molecule has 1 heterocycles. The fraction of sp³-hybridized carbons (Fsp3) is 0.286. The number of benzene rings is 2. The van der Waals surface area contributed by atoms with Crippen LogP contribution in [0.2, 0.25) is 5.02 Å². The third-order valence-electron chi connectivity index (χ3n) is 4.16. The average Bonchev–Trinajstić information content (AvgIpc) is 3.08. The van der Waals surface area contributed by atoms with Gasteiger partial charge in [0.2, 0.25) is 5.16 Å². The van der Waals surface area contributed by atoms with E-state index in [1.54, 1.807) is 11.8 Å². The van der Waals surface area contributed by atoms with Crippen molar-refractivity contribution in [3.63, 3.8) is 0 Å². The summed E-state index contributed by atoms with van der Waals surface area (Å²) in [6.45, 7) is 2.13. The molecule has 146 valence electrons. The Hall–Kier alpha value is -2.31. The second-order valence-electron chi connectivity index (χ2n) is 6.61. The smallest absolute Gasteiger partial charge is 0.212 e. The van der Waals surface area contributed by atoms with Crippen molar-refractivity contribution >= 4 is 35.3 Å². The molecule has 0 fully saturated rings. The highest BCUT2D eigenvalue weighted by molar-refractivity contribution is 7.98. The van der Waals surface area contributed by atoms with Crippen LogP contribution in [0.15, 0.2) is 58.8 Å². The predicted molar refractivity (Wildman–Crippen MR) is 119 cm³/mol. The summed E-state index contributed by atoms with van der Waals surface area (Å²) in [6.07, 6.45) is 3.69. The summed E-state index contributed by atoms with van der Waals surface area (Å²) in [7, 11) is 4.06. The van der Waals surface area contributed by atoms with Crippen LogP contribution < -0.4 is 4.90 Å². The molecule has 3 aromatic rings. The highest BCUT2D eigenvalue weighted by Crippen LogP contribution is 2.23. The molecule has 2 aromatic carbocycles. The molecule has 0 spiro atoms. The highest BCUT2D eigenvalue weighted by atomic mass is 35.5. The fourth-order valence-electron chi connectivity index (χ4n) is 2.59. The number of aromatic nitrogens is 3. The van der Waals surface area contributed by atoms with Gasteiger partial charge in [-0.05, 0) is 41.8 Å². The summed E-state index contributed by atoms with van der Waals surface area (Å²) in [6, 6.07) is 16.1. The number of hydrogen-bond acceptors (Lipinski definition) is 5. The van der Waals surface area contributed by atoms with E-state index in [2.05, 4.69) is 51.4 Å². The van der Waals surface area contributed by atoms with E-state index < -0.39 is 0 Å². The van der Waals surface area contributed by atoms with Crippen LogP contribution in [-0.2, 0) is 12.2 Å². The van der Waals surface area contributed by atoms with Gasteiger partial charge in [-0.2, -0.15) is 9.78 Å². The van der Waals surface area contributed by atoms with Gasteiger partial charge >= 0.3 is 0 Å². The van der Waals surface area contributed by atoms with Crippen LogP contribution in [0, 0.1) is 0 Å². The van der Waals surface area contributed by atoms with Crippen LogP contribution in [-0.4, -0.2) is 35.2 Å². The van der Waals surface area contributed by atoms with E-state index in [1.165, 1.54) is 5.56 Å². The normalized spacial score (nSPS) is 11.3. The standard InChI is InChI=1S/C21H24ClN5S/c1-4-5-20-24-25-21(28-15-17-6-10-18(22)11-7-17)27(20)23-14-16-8-12-19(13-9-16)26(2)3/h6-14H,4-5,15H2,1-3H3/b23-14+. The lowest BCUT2D eigenvalue weighted by Gasteiger charge is -2.11. The van der Waals surface area contributed by atoms with Crippen molar-refractivity contribution in [3.05, 3.63) is 70.5 Å². The Balaban J connectivity index is 1.77. The van der Waals surface area contributed by atoms with E-state index in [-0.39, 0.29) is 0 Å². The molecule has 0 radical (unpaired) electrons. The summed E-state index contributed by atoms with van der Waals surface area (Å²) in [4.78, 5) is 2.07. The molecule has 0 unspecified atom stereocenters. The van der Waals surface area contributed by atoms with Crippen molar-refractivity contribution in [2.45, 2.75) is 30.7 Å². The average molecular weight is 414 g/mol. The van der Waals surface area contributed by atoms with E-state index in [0.717, 1.165) is 45.8 Å². The van der Waals surface area contributed by atoms with Gasteiger partial charge in [-0.25, -0.2) is 0 Å². The molecule has 28 heavy (non-hydrogen) atoms. The molecule has 3 rings (SSSR count). The van der Waals surface area contributed by atoms with Crippen molar-refractivity contribution in [2.24, 2.45) is 5.10 Å². The molecule has 0 aliphatic carbocycles. The van der Waals surface area contributed by atoms with Crippen molar-refractivity contribution < 1.29 is 0 Å². The minimum absolute atomic E-state index is 0.743. The van der Waals surface area contributed by atoms with Gasteiger partial charge < -0.3 is 4.90 Å². The maximum atomic E-state index is 5.96. The number of thioether (sulfide) groups is 1. The van der Waals surface area contributed by atoms with Crippen molar-refractivity contribution in [1.82, 2.24) is 14.9 Å². The topological polar surface area (TPSA) is 46.3 Å². The summed E-state index contributed by atoms with van der Waals surface area (Å²) in [5, 5.41) is 14.9. The molecule has 0 saturated carbocycles. The van der Waals surface area contributed by atoms with Crippen LogP contribution >= 0.6 is 23.4 Å². The molecule has 0 N–H and O–H groups in total. The van der Waals surface area contributed by atoms with Gasteiger partial charge in [-0.15, -0.1) is 10.2 Å². The predicted octanol–water partition coefficient (Wildman–Crippen LogP) is 5.12. The lowest BCUT2D eigenvalue weighted by molar-refractivity contribution is 0.700. The number of hydrogen-bond donors (Lipinski definition) is 0. The first-order valence-corrected chi connectivity index (χ1v) is 10.6. The first-order chi connectivity index (χ1) is 13.6. The molecule has 0 amide bonds. The number of anilines is 1. The summed E-state index contributed by atoms with van der Waals surface area (Å²) in [5.41, 5.74) is 3.38. The Bertz CT molecular complexity index is 917. The number of rotatable bonds is 8. The monoisotopic (exact) mass is 413 g/mol. The van der Waals surface area contributed by atoms with Crippen LogP contribution in [0.3, 0.4) is 0 Å². The minimum Gasteiger partial charge on any atom is -0.378 e. The molecule has 0 saturated heterocycles. The van der Waals surface area contributed by atoms with E-state index in [9.17, 15) is 0 Å². The molecule has 0 bridgehead atoms. The molecular weight excluding hydrogens is 390 g/mol. The Morgan fingerprint density at radius 2 is 1.79 bits per heavy atom. The lowest BCUT2D eigenvalue weighted by Crippen LogP contribution is -2.08. The third-order valence-corrected chi connectivity index (χ3v) is 5.41. The lowest BCUT2D eigenvalue weighted by atomic mass is 10.2. The molecule has 0 aliphatic heterocycles. The summed E-state index contributed by atoms with van der Waals surface area (Å²) >= 11 is 7.58. The van der Waals surface area contributed by atoms with Crippen molar-refractivity contribution in [2.75, 3.05) is 19.0 Å². The molecular formula is C21H24ClN5S. The van der Waals surface area contributed by atoms with Crippen LogP contribution in [0.25, 0.3) is 0 Å². The van der Waals surface area contributed by atoms with Crippen molar-refractivity contribution in [1.29, 1.82) is 0 Å². The van der Waals surface area contributed by atoms with Gasteiger partial charge in [0.1, 0.15) is 0 Å². The maximum absolute atomic E-state index is 5.96. The number of nitrogens with zero attached hydrogens (tertiary/aromatic N) is 5. The summed E-state index contributed by atoms with van der Waals surface area (Å²) in [5.74, 6) is 1.66. The van der Waals surface area contributed by atoms with Crippen LogP contribution in [0.1, 0.15) is 30.3 Å². The SMILES string of the molecule is CCCc1nnc(SCc2ccc(Cl)cc2)n1/N=C/c1ccc(N(C)C)cc1. The first kappa shape index (κ1) is 20.4.